The first-order chi connectivity index (χ1) is 9.24. The molecule has 0 fully saturated rings. The zero-order valence-electron chi connectivity index (χ0n) is 11.8. The van der Waals surface area contributed by atoms with E-state index in [0.29, 0.717) is 17.7 Å². The predicted octanol–water partition coefficient (Wildman–Crippen LogP) is 3.67. The van der Waals surface area contributed by atoms with Crippen LogP contribution in [0.3, 0.4) is 0 Å². The van der Waals surface area contributed by atoms with Gasteiger partial charge >= 0.3 is 6.18 Å². The van der Waals surface area contributed by atoms with Crippen LogP contribution in [-0.2, 0) is 4.74 Å². The molecule has 0 amide bonds. The van der Waals surface area contributed by atoms with E-state index >= 15 is 0 Å². The van der Waals surface area contributed by atoms with E-state index in [-0.39, 0.29) is 18.5 Å². The molecule has 1 aromatic rings. The summed E-state index contributed by atoms with van der Waals surface area (Å²) in [5, 5.41) is 3.07. The number of ether oxygens (including phenoxy) is 1. The first-order valence-corrected chi connectivity index (χ1v) is 6.39. The van der Waals surface area contributed by atoms with Gasteiger partial charge in [-0.1, -0.05) is 6.92 Å². The molecule has 1 rings (SSSR count). The Kier molecular flexibility index (Phi) is 5.95. The predicted molar refractivity (Wildman–Crippen MR) is 69.2 cm³/mol. The second kappa shape index (κ2) is 7.04. The fourth-order valence-corrected chi connectivity index (χ4v) is 2.25. The Morgan fingerprint density at radius 2 is 1.75 bits per heavy atom. The average Bonchev–Trinajstić information content (AvgIpc) is 2.25. The molecule has 0 aliphatic carbocycles. The van der Waals surface area contributed by atoms with Gasteiger partial charge in [0.2, 0.25) is 0 Å². The molecule has 1 N–H and O–H groups in total. The molecule has 0 radical (unpaired) electrons. The number of benzene rings is 1. The first kappa shape index (κ1) is 16.9. The molecule has 1 atom stereocenters. The van der Waals surface area contributed by atoms with Gasteiger partial charge in [0.05, 0.1) is 12.6 Å². The fourth-order valence-electron chi connectivity index (χ4n) is 2.25. The molecule has 1 unspecified atom stereocenters. The summed E-state index contributed by atoms with van der Waals surface area (Å²) in [5.41, 5.74) is 2.18. The molecule has 0 aliphatic heterocycles. The van der Waals surface area contributed by atoms with Gasteiger partial charge < -0.3 is 10.1 Å². The minimum Gasteiger partial charge on any atom is -0.370 e. The number of hydrogen-bond donors (Lipinski definition) is 1. The van der Waals surface area contributed by atoms with Crippen molar-refractivity contribution < 1.29 is 22.3 Å². The van der Waals surface area contributed by atoms with Crippen molar-refractivity contribution in [2.75, 3.05) is 19.8 Å². The average molecular weight is 293 g/mol. The zero-order valence-corrected chi connectivity index (χ0v) is 11.8. The van der Waals surface area contributed by atoms with E-state index in [1.807, 2.05) is 6.92 Å². The minimum absolute atomic E-state index is 0.110. The molecular formula is C14H19F4NO. The monoisotopic (exact) mass is 293 g/mol. The molecular weight excluding hydrogens is 274 g/mol. The second-order valence-corrected chi connectivity index (χ2v) is 4.69. The summed E-state index contributed by atoms with van der Waals surface area (Å²) in [5.74, 6) is -0.352. The Morgan fingerprint density at radius 3 is 2.20 bits per heavy atom. The molecule has 0 aromatic heterocycles. The molecule has 1 aromatic carbocycles. The topological polar surface area (TPSA) is 21.3 Å². The van der Waals surface area contributed by atoms with Crippen LogP contribution in [0.25, 0.3) is 0 Å². The Bertz CT molecular complexity index is 422. The van der Waals surface area contributed by atoms with Crippen LogP contribution in [0.1, 0.15) is 29.7 Å². The van der Waals surface area contributed by atoms with Crippen molar-refractivity contribution in [3.05, 3.63) is 34.6 Å². The standard InChI is InChI=1S/C14H19F4NO/c1-4-19-12(7-20-8-14(16,17)18)13-9(2)5-11(15)6-10(13)3/h5-6,12,19H,4,7-8H2,1-3H3. The molecule has 0 aliphatic rings. The quantitative estimate of drug-likeness (QED) is 0.808. The summed E-state index contributed by atoms with van der Waals surface area (Å²) in [6, 6.07) is 2.36. The Hall–Kier alpha value is -1.14. The lowest BCUT2D eigenvalue weighted by atomic mass is 9.96. The lowest BCUT2D eigenvalue weighted by molar-refractivity contribution is -0.175. The van der Waals surface area contributed by atoms with Crippen LogP contribution >= 0.6 is 0 Å². The normalized spacial score (nSPS) is 13.6. The highest BCUT2D eigenvalue weighted by atomic mass is 19.4. The number of halogens is 4. The van der Waals surface area contributed by atoms with E-state index in [9.17, 15) is 17.6 Å². The van der Waals surface area contributed by atoms with Crippen molar-refractivity contribution in [3.8, 4) is 0 Å². The smallest absolute Gasteiger partial charge is 0.370 e. The Labute approximate surface area is 116 Å². The van der Waals surface area contributed by atoms with Gasteiger partial charge in [0, 0.05) is 0 Å². The zero-order chi connectivity index (χ0) is 15.3. The van der Waals surface area contributed by atoms with Crippen molar-refractivity contribution in [3.63, 3.8) is 0 Å². The number of rotatable bonds is 6. The van der Waals surface area contributed by atoms with Gasteiger partial charge in [-0.05, 0) is 49.2 Å². The van der Waals surface area contributed by atoms with Crippen LogP contribution in [-0.4, -0.2) is 25.9 Å². The molecule has 0 saturated carbocycles. The summed E-state index contributed by atoms with van der Waals surface area (Å²) in [6.45, 7) is 4.51. The second-order valence-electron chi connectivity index (χ2n) is 4.69. The van der Waals surface area contributed by atoms with Gasteiger partial charge in [-0.3, -0.25) is 0 Å². The van der Waals surface area contributed by atoms with Crippen LogP contribution in [0, 0.1) is 19.7 Å². The van der Waals surface area contributed by atoms with Crippen LogP contribution < -0.4 is 5.32 Å². The number of aryl methyl sites for hydroxylation is 2. The van der Waals surface area contributed by atoms with Crippen molar-refractivity contribution in [2.45, 2.75) is 33.0 Å². The van der Waals surface area contributed by atoms with Crippen molar-refractivity contribution >= 4 is 0 Å². The van der Waals surface area contributed by atoms with E-state index in [1.165, 1.54) is 12.1 Å². The van der Waals surface area contributed by atoms with E-state index in [4.69, 9.17) is 4.74 Å². The number of hydrogen-bond acceptors (Lipinski definition) is 2. The van der Waals surface area contributed by atoms with E-state index in [2.05, 4.69) is 5.32 Å². The number of alkyl halides is 3. The van der Waals surface area contributed by atoms with Gasteiger partial charge in [-0.25, -0.2) is 4.39 Å². The van der Waals surface area contributed by atoms with Gasteiger partial charge in [-0.2, -0.15) is 13.2 Å². The highest BCUT2D eigenvalue weighted by molar-refractivity contribution is 5.37. The van der Waals surface area contributed by atoms with Gasteiger partial charge in [0.1, 0.15) is 12.4 Å². The maximum absolute atomic E-state index is 13.3. The third-order valence-electron chi connectivity index (χ3n) is 2.91. The number of nitrogens with one attached hydrogen (secondary N) is 1. The summed E-state index contributed by atoms with van der Waals surface area (Å²) in [7, 11) is 0. The maximum Gasteiger partial charge on any atom is 0.411 e. The Balaban J connectivity index is 2.86. The van der Waals surface area contributed by atoms with Crippen molar-refractivity contribution in [1.82, 2.24) is 5.32 Å². The minimum atomic E-state index is -4.34. The first-order valence-electron chi connectivity index (χ1n) is 6.39. The van der Waals surface area contributed by atoms with Gasteiger partial charge in [-0.15, -0.1) is 0 Å². The molecule has 2 nitrogen and oxygen atoms in total. The molecule has 114 valence electrons. The van der Waals surface area contributed by atoms with Crippen LogP contribution in [0.5, 0.6) is 0 Å². The van der Waals surface area contributed by atoms with Crippen LogP contribution in [0.15, 0.2) is 12.1 Å². The summed E-state index contributed by atoms with van der Waals surface area (Å²) in [6.07, 6.45) is -4.34. The van der Waals surface area contributed by atoms with Gasteiger partial charge in [0.25, 0.3) is 0 Å². The molecule has 20 heavy (non-hydrogen) atoms. The molecule has 0 spiro atoms. The Morgan fingerprint density at radius 1 is 1.20 bits per heavy atom. The summed E-state index contributed by atoms with van der Waals surface area (Å²) in [4.78, 5) is 0. The fraction of sp³-hybridized carbons (Fsp3) is 0.571. The highest BCUT2D eigenvalue weighted by Gasteiger charge is 2.28. The third kappa shape index (κ3) is 5.09. The SMILES string of the molecule is CCNC(COCC(F)(F)F)c1c(C)cc(F)cc1C. The lowest BCUT2D eigenvalue weighted by Crippen LogP contribution is -2.29. The van der Waals surface area contributed by atoms with Crippen LogP contribution in [0.2, 0.25) is 0 Å². The molecule has 0 bridgehead atoms. The maximum atomic E-state index is 13.3. The van der Waals surface area contributed by atoms with Gasteiger partial charge in [0.15, 0.2) is 0 Å². The van der Waals surface area contributed by atoms with Crippen LogP contribution in [0.4, 0.5) is 17.6 Å². The number of likely N-dealkylation sites (N-methyl/N-ethyl adjacent to an activating group) is 1. The molecule has 0 heterocycles. The van der Waals surface area contributed by atoms with E-state index in [1.54, 1.807) is 13.8 Å². The summed E-state index contributed by atoms with van der Waals surface area (Å²) >= 11 is 0. The summed E-state index contributed by atoms with van der Waals surface area (Å²) < 4.78 is 54.3. The third-order valence-corrected chi connectivity index (χ3v) is 2.91. The van der Waals surface area contributed by atoms with E-state index in [0.717, 1.165) is 5.56 Å². The van der Waals surface area contributed by atoms with Crippen molar-refractivity contribution in [1.29, 1.82) is 0 Å². The molecule has 6 heteroatoms. The lowest BCUT2D eigenvalue weighted by Gasteiger charge is -2.23. The van der Waals surface area contributed by atoms with E-state index < -0.39 is 12.8 Å². The van der Waals surface area contributed by atoms with Crippen molar-refractivity contribution in [2.24, 2.45) is 0 Å². The highest BCUT2D eigenvalue weighted by Crippen LogP contribution is 2.24. The largest absolute Gasteiger partial charge is 0.411 e. The molecule has 0 saturated heterocycles.